The van der Waals surface area contributed by atoms with E-state index < -0.39 is 12.0 Å². The first-order chi connectivity index (χ1) is 17.4. The van der Waals surface area contributed by atoms with E-state index in [0.717, 1.165) is 38.2 Å². The Morgan fingerprint density at radius 1 is 1.06 bits per heavy atom. The highest BCUT2D eigenvalue weighted by Gasteiger charge is 2.34. The lowest BCUT2D eigenvalue weighted by Gasteiger charge is -2.40. The molecular formula is C26H32Cl2N2O6. The second kappa shape index (κ2) is 12.3. The van der Waals surface area contributed by atoms with Crippen LogP contribution in [-0.4, -0.2) is 86.6 Å². The molecule has 2 heterocycles. The van der Waals surface area contributed by atoms with Gasteiger partial charge in [0.05, 0.1) is 37.0 Å². The fourth-order valence-electron chi connectivity index (χ4n) is 4.86. The zero-order valence-corrected chi connectivity index (χ0v) is 22.0. The van der Waals surface area contributed by atoms with Crippen molar-refractivity contribution in [2.45, 2.75) is 31.1 Å². The molecule has 0 spiro atoms. The molecule has 0 bridgehead atoms. The number of hydrogen-bond acceptors (Lipinski definition) is 7. The van der Waals surface area contributed by atoms with Crippen molar-refractivity contribution in [1.82, 2.24) is 9.80 Å². The summed E-state index contributed by atoms with van der Waals surface area (Å²) in [5.41, 5.74) is 0.654. The summed E-state index contributed by atoms with van der Waals surface area (Å²) in [5, 5.41) is 11.1. The Balaban J connectivity index is 1.33. The van der Waals surface area contributed by atoms with Crippen LogP contribution in [0.3, 0.4) is 0 Å². The van der Waals surface area contributed by atoms with Crippen molar-refractivity contribution in [3.05, 3.63) is 52.0 Å². The molecule has 2 saturated heterocycles. The van der Waals surface area contributed by atoms with E-state index in [9.17, 15) is 9.90 Å². The molecule has 2 aromatic rings. The topological polar surface area (TPSA) is 80.7 Å². The Hall–Kier alpha value is -2.23. The number of piperidine rings is 1. The lowest BCUT2D eigenvalue weighted by Crippen LogP contribution is -2.51. The number of nitrogens with zero attached hydrogens (tertiary/aromatic N) is 2. The maximum Gasteiger partial charge on any atom is 0.325 e. The zero-order valence-electron chi connectivity index (χ0n) is 20.5. The molecule has 0 amide bonds. The number of carboxylic acids is 1. The third-order valence-electron chi connectivity index (χ3n) is 6.68. The van der Waals surface area contributed by atoms with Gasteiger partial charge in [0.2, 0.25) is 0 Å². The first kappa shape index (κ1) is 26.8. The lowest BCUT2D eigenvalue weighted by molar-refractivity contribution is -0.147. The Labute approximate surface area is 221 Å². The smallest absolute Gasteiger partial charge is 0.325 e. The minimum Gasteiger partial charge on any atom is -0.493 e. The molecular weight excluding hydrogens is 507 g/mol. The molecule has 0 radical (unpaired) electrons. The van der Waals surface area contributed by atoms with E-state index >= 15 is 0 Å². The number of aliphatic carboxylic acids is 1. The van der Waals surface area contributed by atoms with Crippen LogP contribution in [0, 0.1) is 0 Å². The predicted octanol–water partition coefficient (Wildman–Crippen LogP) is 4.38. The maximum absolute atomic E-state index is 12.3. The largest absolute Gasteiger partial charge is 0.493 e. The summed E-state index contributed by atoms with van der Waals surface area (Å²) in [5.74, 6) is 0.904. The van der Waals surface area contributed by atoms with E-state index in [1.54, 1.807) is 44.6 Å². The first-order valence-corrected chi connectivity index (χ1v) is 12.8. The van der Waals surface area contributed by atoms with E-state index in [-0.39, 0.29) is 12.2 Å². The van der Waals surface area contributed by atoms with Gasteiger partial charge in [-0.05, 0) is 42.7 Å². The van der Waals surface area contributed by atoms with E-state index in [2.05, 4.69) is 4.90 Å². The quantitative estimate of drug-likeness (QED) is 0.503. The Bertz CT molecular complexity index is 1050. The fourth-order valence-corrected chi connectivity index (χ4v) is 5.15. The molecule has 10 heteroatoms. The van der Waals surface area contributed by atoms with Gasteiger partial charge in [0.25, 0.3) is 0 Å². The Kier molecular flexibility index (Phi) is 9.19. The SMILES string of the molecule is COc1ccc(C(C(=O)O)N2CCO[C@@H](CN3CCC(Oc4ccc(Cl)c(Cl)c4)CC3)C2)cc1OC. The zero-order chi connectivity index (χ0) is 25.7. The van der Waals surface area contributed by atoms with Crippen LogP contribution in [0.1, 0.15) is 24.4 Å². The van der Waals surface area contributed by atoms with Crippen molar-refractivity contribution in [1.29, 1.82) is 0 Å². The van der Waals surface area contributed by atoms with Crippen LogP contribution in [-0.2, 0) is 9.53 Å². The van der Waals surface area contributed by atoms with Crippen molar-refractivity contribution in [3.63, 3.8) is 0 Å². The molecule has 0 aliphatic carbocycles. The highest BCUT2D eigenvalue weighted by molar-refractivity contribution is 6.42. The molecule has 2 aliphatic rings. The van der Waals surface area contributed by atoms with Gasteiger partial charge in [-0.25, -0.2) is 0 Å². The van der Waals surface area contributed by atoms with E-state index in [0.29, 0.717) is 46.8 Å². The molecule has 2 aromatic carbocycles. The monoisotopic (exact) mass is 538 g/mol. The maximum atomic E-state index is 12.3. The lowest BCUT2D eigenvalue weighted by atomic mass is 10.0. The highest BCUT2D eigenvalue weighted by atomic mass is 35.5. The van der Waals surface area contributed by atoms with Gasteiger partial charge >= 0.3 is 5.97 Å². The molecule has 1 N–H and O–H groups in total. The molecule has 2 fully saturated rings. The molecule has 0 saturated carbocycles. The average Bonchev–Trinajstić information content (AvgIpc) is 2.87. The number of methoxy groups -OCH3 is 2. The standard InChI is InChI=1S/C26H32Cl2N2O6/c1-33-23-6-3-17(13-24(23)34-2)25(26(31)32)30-11-12-35-20(16-30)15-29-9-7-18(8-10-29)36-19-4-5-21(27)22(28)14-19/h3-6,13-14,18,20,25H,7-12,15-16H2,1-2H3,(H,31,32)/t20-,25?/m0/s1. The molecule has 8 nitrogen and oxygen atoms in total. The third kappa shape index (κ3) is 6.55. The number of halogens is 2. The van der Waals surface area contributed by atoms with Crippen LogP contribution in [0.4, 0.5) is 0 Å². The predicted molar refractivity (Wildman–Crippen MR) is 138 cm³/mol. The highest BCUT2D eigenvalue weighted by Crippen LogP contribution is 2.33. The number of morpholine rings is 1. The van der Waals surface area contributed by atoms with E-state index in [4.69, 9.17) is 42.1 Å². The van der Waals surface area contributed by atoms with E-state index in [1.807, 2.05) is 11.0 Å². The van der Waals surface area contributed by atoms with Gasteiger partial charge in [0.1, 0.15) is 17.9 Å². The normalized spacial score (nSPS) is 20.6. The minimum absolute atomic E-state index is 0.0757. The molecule has 196 valence electrons. The second-order valence-electron chi connectivity index (χ2n) is 9.04. The summed E-state index contributed by atoms with van der Waals surface area (Å²) < 4.78 is 22.8. The summed E-state index contributed by atoms with van der Waals surface area (Å²) in [6.45, 7) is 4.06. The molecule has 36 heavy (non-hydrogen) atoms. The van der Waals surface area contributed by atoms with Crippen LogP contribution in [0.5, 0.6) is 17.2 Å². The summed E-state index contributed by atoms with van der Waals surface area (Å²) >= 11 is 12.1. The van der Waals surface area contributed by atoms with Crippen molar-refractivity contribution in [2.75, 3.05) is 53.6 Å². The number of carbonyl (C=O) groups is 1. The van der Waals surface area contributed by atoms with Crippen LogP contribution in [0.15, 0.2) is 36.4 Å². The number of hydrogen-bond donors (Lipinski definition) is 1. The Morgan fingerprint density at radius 3 is 2.47 bits per heavy atom. The van der Waals surface area contributed by atoms with Crippen molar-refractivity contribution < 1.29 is 28.8 Å². The summed E-state index contributed by atoms with van der Waals surface area (Å²) in [6.07, 6.45) is 1.82. The van der Waals surface area contributed by atoms with Crippen LogP contribution < -0.4 is 14.2 Å². The van der Waals surface area contributed by atoms with Crippen molar-refractivity contribution in [3.8, 4) is 17.2 Å². The first-order valence-electron chi connectivity index (χ1n) is 12.0. The van der Waals surface area contributed by atoms with Crippen molar-refractivity contribution >= 4 is 29.2 Å². The van der Waals surface area contributed by atoms with Crippen LogP contribution >= 0.6 is 23.2 Å². The van der Waals surface area contributed by atoms with Gasteiger partial charge in [-0.1, -0.05) is 29.3 Å². The van der Waals surface area contributed by atoms with E-state index in [1.165, 1.54) is 0 Å². The third-order valence-corrected chi connectivity index (χ3v) is 7.42. The summed E-state index contributed by atoms with van der Waals surface area (Å²) in [7, 11) is 3.10. The van der Waals surface area contributed by atoms with Gasteiger partial charge in [-0.15, -0.1) is 0 Å². The van der Waals surface area contributed by atoms with Gasteiger partial charge in [-0.3, -0.25) is 9.69 Å². The minimum atomic E-state index is -0.900. The summed E-state index contributed by atoms with van der Waals surface area (Å²) in [6, 6.07) is 9.80. The molecule has 2 aliphatic heterocycles. The summed E-state index contributed by atoms with van der Waals surface area (Å²) in [4.78, 5) is 16.6. The second-order valence-corrected chi connectivity index (χ2v) is 9.85. The number of likely N-dealkylation sites (tertiary alicyclic amines) is 1. The number of benzene rings is 2. The number of rotatable bonds is 9. The van der Waals surface area contributed by atoms with Crippen LogP contribution in [0.2, 0.25) is 10.0 Å². The van der Waals surface area contributed by atoms with Gasteiger partial charge in [0, 0.05) is 38.8 Å². The molecule has 0 aromatic heterocycles. The molecule has 4 rings (SSSR count). The molecule has 1 unspecified atom stereocenters. The number of ether oxygens (including phenoxy) is 4. The fraction of sp³-hybridized carbons (Fsp3) is 0.500. The molecule has 2 atom stereocenters. The van der Waals surface area contributed by atoms with Gasteiger partial charge < -0.3 is 29.0 Å². The van der Waals surface area contributed by atoms with Crippen molar-refractivity contribution in [2.24, 2.45) is 0 Å². The van der Waals surface area contributed by atoms with Crippen LogP contribution in [0.25, 0.3) is 0 Å². The van der Waals surface area contributed by atoms with Gasteiger partial charge in [0.15, 0.2) is 11.5 Å². The Morgan fingerprint density at radius 2 is 1.81 bits per heavy atom. The average molecular weight is 539 g/mol. The number of carboxylic acid groups (broad SMARTS) is 1. The van der Waals surface area contributed by atoms with Gasteiger partial charge in [-0.2, -0.15) is 0 Å².